The highest BCUT2D eigenvalue weighted by molar-refractivity contribution is 5.78. The molecule has 0 unspecified atom stereocenters. The van der Waals surface area contributed by atoms with Gasteiger partial charge >= 0.3 is 5.69 Å². The van der Waals surface area contributed by atoms with Crippen LogP contribution in [0.15, 0.2) is 40.1 Å². The lowest BCUT2D eigenvalue weighted by Crippen LogP contribution is -2.46. The molecule has 1 aliphatic rings. The number of hydrogen-bond donors (Lipinski definition) is 1. The van der Waals surface area contributed by atoms with Crippen LogP contribution in [-0.4, -0.2) is 51.9 Å². The van der Waals surface area contributed by atoms with E-state index in [2.05, 4.69) is 29.1 Å². The minimum Gasteiger partial charge on any atom is -0.344 e. The third-order valence-corrected chi connectivity index (χ3v) is 5.12. The predicted molar refractivity (Wildman–Crippen MR) is 99.0 cm³/mol. The first-order valence-electron chi connectivity index (χ1n) is 8.65. The van der Waals surface area contributed by atoms with Crippen LogP contribution < -0.4 is 11.2 Å². The molecule has 0 bridgehead atoms. The normalized spacial score (nSPS) is 17.0. The quantitative estimate of drug-likeness (QED) is 0.845. The number of H-pyrrole nitrogens is 1. The molecule has 0 aliphatic carbocycles. The minimum atomic E-state index is -0.484. The van der Waals surface area contributed by atoms with Gasteiger partial charge in [-0.3, -0.25) is 19.1 Å². The Bertz CT molecular complexity index is 931. The number of rotatable bonds is 4. The van der Waals surface area contributed by atoms with Crippen LogP contribution in [0.4, 0.5) is 0 Å². The Morgan fingerprint density at radius 2 is 1.92 bits per heavy atom. The van der Waals surface area contributed by atoms with Crippen LogP contribution in [-0.2, 0) is 31.2 Å². The Morgan fingerprint density at radius 1 is 1.23 bits per heavy atom. The van der Waals surface area contributed by atoms with Gasteiger partial charge in [0.2, 0.25) is 5.91 Å². The number of aromatic amines is 1. The maximum atomic E-state index is 12.6. The first-order valence-corrected chi connectivity index (χ1v) is 8.65. The number of benzene rings is 1. The Morgan fingerprint density at radius 3 is 2.65 bits per heavy atom. The van der Waals surface area contributed by atoms with E-state index in [9.17, 15) is 14.4 Å². The van der Waals surface area contributed by atoms with Crippen LogP contribution in [0.3, 0.4) is 0 Å². The van der Waals surface area contributed by atoms with Crippen LogP contribution in [0, 0.1) is 0 Å². The van der Waals surface area contributed by atoms with Gasteiger partial charge in [-0.15, -0.1) is 0 Å². The molecule has 0 fully saturated rings. The average Bonchev–Trinajstić information content (AvgIpc) is 2.62. The van der Waals surface area contributed by atoms with Crippen molar-refractivity contribution in [2.24, 2.45) is 7.05 Å². The summed E-state index contributed by atoms with van der Waals surface area (Å²) in [6.45, 7) is 1.46. The van der Waals surface area contributed by atoms with E-state index in [0.717, 1.165) is 17.5 Å². The topological polar surface area (TPSA) is 78.4 Å². The number of likely N-dealkylation sites (N-methyl/N-ethyl adjacent to an activating group) is 2. The Hall–Kier alpha value is -2.67. The monoisotopic (exact) mass is 356 g/mol. The number of aromatic nitrogens is 2. The lowest BCUT2D eigenvalue weighted by molar-refractivity contribution is -0.130. The number of carbonyl (C=O) groups excluding carboxylic acids is 1. The van der Waals surface area contributed by atoms with Crippen molar-refractivity contribution in [1.29, 1.82) is 0 Å². The zero-order chi connectivity index (χ0) is 18.8. The Balaban J connectivity index is 1.67. The van der Waals surface area contributed by atoms with Crippen molar-refractivity contribution in [3.8, 4) is 0 Å². The molecule has 0 saturated carbocycles. The predicted octanol–water partition coefficient (Wildman–Crippen LogP) is 0.131. The maximum absolute atomic E-state index is 12.6. The van der Waals surface area contributed by atoms with Crippen LogP contribution in [0.25, 0.3) is 0 Å². The standard InChI is InChI=1S/C19H24N4O3/c1-21-11-14-7-5-4-6-13(14)8-16(21)12-22(2)17(24)9-15-10-20-19(26)23(3)18(15)25/h4-7,10,16H,8-9,11-12H2,1-3H3,(H,20,26)/t16-/m0/s1. The molecule has 2 heterocycles. The molecule has 0 spiro atoms. The van der Waals surface area contributed by atoms with Crippen LogP contribution in [0.2, 0.25) is 0 Å². The van der Waals surface area contributed by atoms with E-state index >= 15 is 0 Å². The van der Waals surface area contributed by atoms with Crippen molar-refractivity contribution in [3.63, 3.8) is 0 Å². The molecule has 138 valence electrons. The summed E-state index contributed by atoms with van der Waals surface area (Å²) in [4.78, 5) is 42.5. The van der Waals surface area contributed by atoms with E-state index in [-0.39, 0.29) is 18.4 Å². The second-order valence-electron chi connectivity index (χ2n) is 6.98. The van der Waals surface area contributed by atoms with Crippen molar-refractivity contribution < 1.29 is 4.79 Å². The van der Waals surface area contributed by atoms with Crippen molar-refractivity contribution in [3.05, 3.63) is 68.0 Å². The summed E-state index contributed by atoms with van der Waals surface area (Å²) in [5.74, 6) is -0.138. The van der Waals surface area contributed by atoms with Crippen molar-refractivity contribution in [2.45, 2.75) is 25.4 Å². The fourth-order valence-electron chi connectivity index (χ4n) is 3.38. The van der Waals surface area contributed by atoms with E-state index in [4.69, 9.17) is 0 Å². The fraction of sp³-hybridized carbons (Fsp3) is 0.421. The molecular weight excluding hydrogens is 332 g/mol. The number of nitrogens with zero attached hydrogens (tertiary/aromatic N) is 3. The third-order valence-electron chi connectivity index (χ3n) is 5.12. The smallest absolute Gasteiger partial charge is 0.328 e. The number of nitrogens with one attached hydrogen (secondary N) is 1. The SMILES string of the molecule is CN(C[C@@H]1Cc2ccccc2CN1C)C(=O)Cc1c[nH]c(=O)n(C)c1=O. The van der Waals surface area contributed by atoms with Gasteiger partial charge in [0, 0.05) is 45.0 Å². The third kappa shape index (κ3) is 3.62. The zero-order valence-corrected chi connectivity index (χ0v) is 15.4. The fourth-order valence-corrected chi connectivity index (χ4v) is 3.38. The van der Waals surface area contributed by atoms with Gasteiger partial charge in [0.15, 0.2) is 0 Å². The van der Waals surface area contributed by atoms with E-state index in [1.165, 1.54) is 24.4 Å². The van der Waals surface area contributed by atoms with Gasteiger partial charge in [0.1, 0.15) is 0 Å². The van der Waals surface area contributed by atoms with Gasteiger partial charge in [-0.1, -0.05) is 24.3 Å². The summed E-state index contributed by atoms with van der Waals surface area (Å²) < 4.78 is 0.981. The van der Waals surface area contributed by atoms with Gasteiger partial charge in [-0.25, -0.2) is 4.79 Å². The molecular formula is C19H24N4O3. The summed E-state index contributed by atoms with van der Waals surface area (Å²) >= 11 is 0. The average molecular weight is 356 g/mol. The number of fused-ring (bicyclic) bond motifs is 1. The maximum Gasteiger partial charge on any atom is 0.328 e. The van der Waals surface area contributed by atoms with E-state index in [0.29, 0.717) is 12.1 Å². The summed E-state index contributed by atoms with van der Waals surface area (Å²) in [6.07, 6.45) is 2.21. The highest BCUT2D eigenvalue weighted by Crippen LogP contribution is 2.22. The molecule has 7 heteroatoms. The molecule has 0 radical (unpaired) electrons. The summed E-state index contributed by atoms with van der Waals surface area (Å²) in [5, 5.41) is 0. The van der Waals surface area contributed by atoms with Gasteiger partial charge in [0.25, 0.3) is 5.56 Å². The van der Waals surface area contributed by atoms with Gasteiger partial charge in [-0.2, -0.15) is 0 Å². The van der Waals surface area contributed by atoms with Crippen molar-refractivity contribution in [1.82, 2.24) is 19.4 Å². The zero-order valence-electron chi connectivity index (χ0n) is 15.4. The highest BCUT2D eigenvalue weighted by Gasteiger charge is 2.25. The van der Waals surface area contributed by atoms with Gasteiger partial charge in [0.05, 0.1) is 6.42 Å². The Kier molecular flexibility index (Phi) is 5.08. The lowest BCUT2D eigenvalue weighted by Gasteiger charge is -2.36. The van der Waals surface area contributed by atoms with E-state index in [1.54, 1.807) is 11.9 Å². The first kappa shape index (κ1) is 18.1. The summed E-state index contributed by atoms with van der Waals surface area (Å²) in [7, 11) is 5.22. The van der Waals surface area contributed by atoms with E-state index in [1.807, 2.05) is 12.1 Å². The second-order valence-corrected chi connectivity index (χ2v) is 6.98. The number of carbonyl (C=O) groups is 1. The van der Waals surface area contributed by atoms with E-state index < -0.39 is 11.2 Å². The van der Waals surface area contributed by atoms with Crippen LogP contribution in [0.1, 0.15) is 16.7 Å². The van der Waals surface area contributed by atoms with Crippen molar-refractivity contribution in [2.75, 3.05) is 20.6 Å². The molecule has 1 aliphatic heterocycles. The number of amides is 1. The molecule has 1 N–H and O–H groups in total. The summed E-state index contributed by atoms with van der Waals surface area (Å²) in [6, 6.07) is 8.61. The largest absolute Gasteiger partial charge is 0.344 e. The van der Waals surface area contributed by atoms with Crippen molar-refractivity contribution >= 4 is 5.91 Å². The molecule has 1 aromatic carbocycles. The number of hydrogen-bond acceptors (Lipinski definition) is 4. The summed E-state index contributed by atoms with van der Waals surface area (Å²) in [5.41, 5.74) is 2.04. The molecule has 26 heavy (non-hydrogen) atoms. The Labute approximate surface area is 151 Å². The highest BCUT2D eigenvalue weighted by atomic mass is 16.2. The molecule has 1 aromatic heterocycles. The molecule has 1 atom stereocenters. The molecule has 1 amide bonds. The molecule has 3 rings (SSSR count). The van der Waals surface area contributed by atoms with Crippen LogP contribution >= 0.6 is 0 Å². The molecule has 7 nitrogen and oxygen atoms in total. The molecule has 0 saturated heterocycles. The van der Waals surface area contributed by atoms with Gasteiger partial charge < -0.3 is 9.88 Å². The minimum absolute atomic E-state index is 0.0209. The van der Waals surface area contributed by atoms with Gasteiger partial charge in [-0.05, 0) is 24.6 Å². The van der Waals surface area contributed by atoms with Crippen LogP contribution in [0.5, 0.6) is 0 Å². The second kappa shape index (κ2) is 7.29. The lowest BCUT2D eigenvalue weighted by atomic mass is 9.94. The first-order chi connectivity index (χ1) is 12.4. The molecule has 2 aromatic rings.